The first-order valence-electron chi connectivity index (χ1n) is 4.76. The van der Waals surface area contributed by atoms with E-state index < -0.39 is 0 Å². The predicted molar refractivity (Wildman–Crippen MR) is 60.7 cm³/mol. The molecule has 0 heterocycles. The minimum atomic E-state index is -0.192. The van der Waals surface area contributed by atoms with E-state index in [1.54, 1.807) is 12.1 Å². The van der Waals surface area contributed by atoms with Gasteiger partial charge in [-0.3, -0.25) is 0 Å². The van der Waals surface area contributed by atoms with Crippen LogP contribution in [0.15, 0.2) is 18.2 Å². The predicted octanol–water partition coefficient (Wildman–Crippen LogP) is 4.51. The molecule has 14 heavy (non-hydrogen) atoms. The zero-order chi connectivity index (χ0) is 10.1. The number of rotatable bonds is 1. The maximum Gasteiger partial charge on any atom is 0.123 e. The van der Waals surface area contributed by atoms with Crippen LogP contribution >= 0.6 is 27.5 Å². The van der Waals surface area contributed by atoms with Gasteiger partial charge in [0, 0.05) is 9.85 Å². The Kier molecular flexibility index (Phi) is 3.13. The maximum absolute atomic E-state index is 13.0. The van der Waals surface area contributed by atoms with Gasteiger partial charge in [-0.1, -0.05) is 27.5 Å². The molecular formula is C11H11BrClF. The van der Waals surface area contributed by atoms with Gasteiger partial charge < -0.3 is 0 Å². The molecule has 0 bridgehead atoms. The molecule has 1 saturated carbocycles. The average molecular weight is 278 g/mol. The highest BCUT2D eigenvalue weighted by Crippen LogP contribution is 2.40. The molecule has 2 rings (SSSR count). The molecule has 1 aromatic carbocycles. The zero-order valence-corrected chi connectivity index (χ0v) is 9.98. The van der Waals surface area contributed by atoms with Crippen molar-refractivity contribution in [3.05, 3.63) is 34.6 Å². The molecule has 76 valence electrons. The second-order valence-electron chi connectivity index (χ2n) is 3.77. The molecular weight excluding hydrogens is 266 g/mol. The van der Waals surface area contributed by atoms with Gasteiger partial charge in [0.25, 0.3) is 0 Å². The largest absolute Gasteiger partial charge is 0.207 e. The summed E-state index contributed by atoms with van der Waals surface area (Å²) in [5.74, 6) is 0.227. The Morgan fingerprint density at radius 1 is 1.36 bits per heavy atom. The lowest BCUT2D eigenvalue weighted by Gasteiger charge is -2.11. The van der Waals surface area contributed by atoms with Crippen molar-refractivity contribution in [1.29, 1.82) is 0 Å². The van der Waals surface area contributed by atoms with Gasteiger partial charge in [-0.05, 0) is 48.9 Å². The van der Waals surface area contributed by atoms with Crippen LogP contribution in [0.2, 0.25) is 5.02 Å². The summed E-state index contributed by atoms with van der Waals surface area (Å²) >= 11 is 9.62. The molecule has 0 aliphatic heterocycles. The Labute approximate surface area is 96.6 Å². The lowest BCUT2D eigenvalue weighted by molar-refractivity contribution is 0.619. The van der Waals surface area contributed by atoms with Gasteiger partial charge >= 0.3 is 0 Å². The quantitative estimate of drug-likeness (QED) is 0.663. The minimum Gasteiger partial charge on any atom is -0.207 e. The van der Waals surface area contributed by atoms with Crippen molar-refractivity contribution in [2.75, 3.05) is 0 Å². The first-order valence-corrected chi connectivity index (χ1v) is 6.05. The molecule has 0 radical (unpaired) electrons. The smallest absolute Gasteiger partial charge is 0.123 e. The second kappa shape index (κ2) is 4.19. The van der Waals surface area contributed by atoms with Crippen molar-refractivity contribution in [1.82, 2.24) is 0 Å². The van der Waals surface area contributed by atoms with Gasteiger partial charge in [0.05, 0.1) is 0 Å². The Balaban J connectivity index is 2.27. The molecule has 0 spiro atoms. The highest BCUT2D eigenvalue weighted by Gasteiger charge is 2.25. The SMILES string of the molecule is Fc1ccc(Cl)c(C2CCC(Br)C2)c1. The number of benzene rings is 1. The molecule has 0 aromatic heterocycles. The van der Waals surface area contributed by atoms with Crippen LogP contribution in [-0.4, -0.2) is 4.83 Å². The van der Waals surface area contributed by atoms with Crippen LogP contribution in [0.3, 0.4) is 0 Å². The van der Waals surface area contributed by atoms with E-state index in [1.807, 2.05) is 0 Å². The van der Waals surface area contributed by atoms with Gasteiger partial charge in [0.2, 0.25) is 0 Å². The molecule has 0 saturated heterocycles. The summed E-state index contributed by atoms with van der Waals surface area (Å²) in [7, 11) is 0. The van der Waals surface area contributed by atoms with Crippen molar-refractivity contribution in [3.8, 4) is 0 Å². The number of halogens is 3. The van der Waals surface area contributed by atoms with E-state index in [0.29, 0.717) is 15.8 Å². The van der Waals surface area contributed by atoms with E-state index >= 15 is 0 Å². The molecule has 0 nitrogen and oxygen atoms in total. The monoisotopic (exact) mass is 276 g/mol. The van der Waals surface area contributed by atoms with Crippen molar-refractivity contribution in [2.24, 2.45) is 0 Å². The third kappa shape index (κ3) is 2.12. The number of hydrogen-bond donors (Lipinski definition) is 0. The molecule has 1 aliphatic rings. The van der Waals surface area contributed by atoms with E-state index in [4.69, 9.17) is 11.6 Å². The fraction of sp³-hybridized carbons (Fsp3) is 0.455. The van der Waals surface area contributed by atoms with Crippen LogP contribution in [0.5, 0.6) is 0 Å². The number of alkyl halides is 1. The van der Waals surface area contributed by atoms with Crippen LogP contribution < -0.4 is 0 Å². The third-order valence-corrected chi connectivity index (χ3v) is 3.94. The molecule has 2 unspecified atom stereocenters. The first-order chi connectivity index (χ1) is 6.66. The van der Waals surface area contributed by atoms with E-state index in [2.05, 4.69) is 15.9 Å². The lowest BCUT2D eigenvalue weighted by Crippen LogP contribution is -1.96. The standard InChI is InChI=1S/C11H11BrClF/c12-8-2-1-7(5-8)10-6-9(14)3-4-11(10)13/h3-4,6-8H,1-2,5H2. The topological polar surface area (TPSA) is 0 Å². The van der Waals surface area contributed by atoms with E-state index in [1.165, 1.54) is 6.07 Å². The molecule has 0 N–H and O–H groups in total. The highest BCUT2D eigenvalue weighted by atomic mass is 79.9. The van der Waals surface area contributed by atoms with Crippen LogP contribution in [-0.2, 0) is 0 Å². The summed E-state index contributed by atoms with van der Waals surface area (Å²) in [4.78, 5) is 0.562. The second-order valence-corrected chi connectivity index (χ2v) is 5.48. The van der Waals surface area contributed by atoms with E-state index in [9.17, 15) is 4.39 Å². The van der Waals surface area contributed by atoms with Gasteiger partial charge in [-0.2, -0.15) is 0 Å². The van der Waals surface area contributed by atoms with Gasteiger partial charge in [-0.15, -0.1) is 0 Å². The van der Waals surface area contributed by atoms with E-state index in [0.717, 1.165) is 24.8 Å². The molecule has 3 heteroatoms. The van der Waals surface area contributed by atoms with Gasteiger partial charge in [0.15, 0.2) is 0 Å². The third-order valence-electron chi connectivity index (χ3n) is 2.77. The van der Waals surface area contributed by atoms with Crippen LogP contribution in [0.4, 0.5) is 4.39 Å². The Bertz CT molecular complexity index is 340. The number of hydrogen-bond acceptors (Lipinski definition) is 0. The van der Waals surface area contributed by atoms with Crippen molar-refractivity contribution < 1.29 is 4.39 Å². The lowest BCUT2D eigenvalue weighted by atomic mass is 9.98. The first kappa shape index (κ1) is 10.4. The summed E-state index contributed by atoms with van der Waals surface area (Å²) in [5, 5.41) is 0.693. The zero-order valence-electron chi connectivity index (χ0n) is 7.64. The van der Waals surface area contributed by atoms with Gasteiger partial charge in [0.1, 0.15) is 5.82 Å². The normalized spacial score (nSPS) is 26.8. The molecule has 2 atom stereocenters. The fourth-order valence-electron chi connectivity index (χ4n) is 2.04. The summed E-state index contributed by atoms with van der Waals surface area (Å²) in [6.45, 7) is 0. The molecule has 0 amide bonds. The highest BCUT2D eigenvalue weighted by molar-refractivity contribution is 9.09. The Hall–Kier alpha value is -0.0800. The Morgan fingerprint density at radius 3 is 2.79 bits per heavy atom. The maximum atomic E-state index is 13.0. The Morgan fingerprint density at radius 2 is 2.14 bits per heavy atom. The molecule has 1 fully saturated rings. The summed E-state index contributed by atoms with van der Waals surface area (Å²) < 4.78 is 13.0. The van der Waals surface area contributed by atoms with Crippen LogP contribution in [0.25, 0.3) is 0 Å². The van der Waals surface area contributed by atoms with Crippen LogP contribution in [0.1, 0.15) is 30.7 Å². The van der Waals surface area contributed by atoms with Gasteiger partial charge in [-0.25, -0.2) is 4.39 Å². The molecule has 1 aliphatic carbocycles. The van der Waals surface area contributed by atoms with Crippen molar-refractivity contribution >= 4 is 27.5 Å². The summed E-state index contributed by atoms with van der Waals surface area (Å²) in [6.07, 6.45) is 3.31. The minimum absolute atomic E-state index is 0.192. The van der Waals surface area contributed by atoms with E-state index in [-0.39, 0.29) is 5.82 Å². The van der Waals surface area contributed by atoms with Crippen molar-refractivity contribution in [3.63, 3.8) is 0 Å². The summed E-state index contributed by atoms with van der Waals surface area (Å²) in [5.41, 5.74) is 0.966. The summed E-state index contributed by atoms with van der Waals surface area (Å²) in [6, 6.07) is 4.62. The van der Waals surface area contributed by atoms with Crippen molar-refractivity contribution in [2.45, 2.75) is 30.0 Å². The fourth-order valence-corrected chi connectivity index (χ4v) is 3.02. The molecule has 1 aromatic rings. The average Bonchev–Trinajstić information content (AvgIpc) is 2.56. The van der Waals surface area contributed by atoms with Crippen LogP contribution in [0, 0.1) is 5.82 Å².